The van der Waals surface area contributed by atoms with Gasteiger partial charge < -0.3 is 0 Å². The van der Waals surface area contributed by atoms with E-state index in [4.69, 9.17) is 0 Å². The average Bonchev–Trinajstić information content (AvgIpc) is 2.47. The normalized spacial score (nSPS) is 12.9. The molecule has 0 aromatic heterocycles. The first kappa shape index (κ1) is 19.4. The van der Waals surface area contributed by atoms with E-state index in [-0.39, 0.29) is 5.92 Å². The summed E-state index contributed by atoms with van der Waals surface area (Å²) >= 11 is 0. The molecule has 0 aromatic rings. The highest BCUT2D eigenvalue weighted by molar-refractivity contribution is 5.53. The monoisotopic (exact) mass is 279 g/mol. The van der Waals surface area contributed by atoms with Gasteiger partial charge in [-0.25, -0.2) is 0 Å². The van der Waals surface area contributed by atoms with Crippen LogP contribution in [0.5, 0.6) is 0 Å². The van der Waals surface area contributed by atoms with E-state index in [1.54, 1.807) is 0 Å². The summed E-state index contributed by atoms with van der Waals surface area (Å²) in [4.78, 5) is 10.3. The van der Waals surface area contributed by atoms with E-state index in [9.17, 15) is 4.79 Å². The molecule has 0 heterocycles. The minimum absolute atomic E-state index is 0.132. The van der Waals surface area contributed by atoms with Crippen LogP contribution in [0.1, 0.15) is 97.3 Å². The molecule has 117 valence electrons. The largest absolute Gasteiger partial charge is 0.291 e. The zero-order valence-electron chi connectivity index (χ0n) is 13.8. The van der Waals surface area contributed by atoms with Crippen LogP contribution in [0.4, 0.5) is 0 Å². The van der Waals surface area contributed by atoms with E-state index >= 15 is 0 Å². The summed E-state index contributed by atoms with van der Waals surface area (Å²) in [6, 6.07) is 0. The minimum Gasteiger partial charge on any atom is -0.291 e. The summed E-state index contributed by atoms with van der Waals surface area (Å²) in [5.74, 6) is 0.132. The van der Waals surface area contributed by atoms with Gasteiger partial charge in [-0.15, -0.1) is 0 Å². The van der Waals surface area contributed by atoms with Crippen molar-refractivity contribution in [2.75, 3.05) is 0 Å². The Hall–Kier alpha value is -0.590. The number of rotatable bonds is 15. The Morgan fingerprint density at radius 3 is 1.85 bits per heavy atom. The van der Waals surface area contributed by atoms with Gasteiger partial charge in [-0.1, -0.05) is 77.4 Å². The number of unbranched alkanes of at least 4 members (excludes halogenated alkanes) is 10. The van der Waals surface area contributed by atoms with Gasteiger partial charge in [-0.2, -0.15) is 0 Å². The van der Waals surface area contributed by atoms with Crippen LogP contribution < -0.4 is 0 Å². The molecule has 1 unspecified atom stereocenters. The Bertz CT molecular complexity index is 220. The van der Waals surface area contributed by atoms with Crippen LogP contribution in [0.25, 0.3) is 0 Å². The third kappa shape index (κ3) is 15.5. The molecular formula is C19H35O. The lowest BCUT2D eigenvalue weighted by Crippen LogP contribution is -1.94. The van der Waals surface area contributed by atoms with Crippen molar-refractivity contribution in [3.05, 3.63) is 12.2 Å². The highest BCUT2D eigenvalue weighted by Gasteiger charge is 1.99. The summed E-state index contributed by atoms with van der Waals surface area (Å²) < 4.78 is 0. The van der Waals surface area contributed by atoms with E-state index in [2.05, 4.69) is 25.4 Å². The third-order valence-corrected chi connectivity index (χ3v) is 3.85. The van der Waals surface area contributed by atoms with Crippen LogP contribution in [-0.2, 0) is 4.79 Å². The smallest absolute Gasteiger partial charge is 0.201 e. The van der Waals surface area contributed by atoms with Gasteiger partial charge in [0.05, 0.1) is 0 Å². The van der Waals surface area contributed by atoms with Crippen molar-refractivity contribution < 1.29 is 4.79 Å². The first-order chi connectivity index (χ1) is 9.81. The first-order valence-corrected chi connectivity index (χ1v) is 8.84. The first-order valence-electron chi connectivity index (χ1n) is 8.84. The Labute approximate surface area is 127 Å². The number of hydrogen-bond donors (Lipinski definition) is 0. The predicted octanol–water partition coefficient (Wildman–Crippen LogP) is 6.38. The maximum atomic E-state index is 10.3. The molecule has 0 fully saturated rings. The highest BCUT2D eigenvalue weighted by atomic mass is 16.1. The Morgan fingerprint density at radius 2 is 1.30 bits per heavy atom. The van der Waals surface area contributed by atoms with Gasteiger partial charge in [0.1, 0.15) is 0 Å². The zero-order valence-corrected chi connectivity index (χ0v) is 13.8. The summed E-state index contributed by atoms with van der Waals surface area (Å²) in [7, 11) is 0. The number of allylic oxidation sites excluding steroid dienone is 2. The lowest BCUT2D eigenvalue weighted by Gasteiger charge is -2.01. The average molecular weight is 279 g/mol. The molecule has 1 atom stereocenters. The standard InChI is InChI=1S/C19H35O/c1-3-4-5-6-7-8-9-10-11-12-13-14-15-16-17-19(2)18-20/h10-11,19H,3-9,12-17H2,1-2H3/b11-10-. The molecule has 1 heteroatoms. The molecule has 0 saturated carbocycles. The van der Waals surface area contributed by atoms with Crippen molar-refractivity contribution in [1.82, 2.24) is 0 Å². The Morgan fingerprint density at radius 1 is 0.800 bits per heavy atom. The van der Waals surface area contributed by atoms with E-state index in [0.29, 0.717) is 0 Å². The van der Waals surface area contributed by atoms with Crippen molar-refractivity contribution in [1.29, 1.82) is 0 Å². The summed E-state index contributed by atoms with van der Waals surface area (Å²) in [6.45, 7) is 4.22. The van der Waals surface area contributed by atoms with Gasteiger partial charge in [0.25, 0.3) is 0 Å². The molecule has 0 aliphatic carbocycles. The highest BCUT2D eigenvalue weighted by Crippen LogP contribution is 2.11. The van der Waals surface area contributed by atoms with Gasteiger partial charge in [0.2, 0.25) is 6.29 Å². The lowest BCUT2D eigenvalue weighted by molar-refractivity contribution is 0.503. The van der Waals surface area contributed by atoms with Gasteiger partial charge in [0, 0.05) is 5.92 Å². The Balaban J connectivity index is 3.10. The quantitative estimate of drug-likeness (QED) is 0.251. The van der Waals surface area contributed by atoms with E-state index in [1.165, 1.54) is 77.0 Å². The summed E-state index contributed by atoms with van der Waals surface area (Å²) in [5.41, 5.74) is 0. The molecular weight excluding hydrogens is 244 g/mol. The summed E-state index contributed by atoms with van der Waals surface area (Å²) in [5, 5.41) is 0. The second-order valence-electron chi connectivity index (χ2n) is 6.04. The Kier molecular flexibility index (Phi) is 16.0. The lowest BCUT2D eigenvalue weighted by atomic mass is 10.0. The molecule has 0 aromatic carbocycles. The van der Waals surface area contributed by atoms with Gasteiger partial charge >= 0.3 is 0 Å². The molecule has 0 rings (SSSR count). The van der Waals surface area contributed by atoms with Crippen LogP contribution >= 0.6 is 0 Å². The topological polar surface area (TPSA) is 17.1 Å². The molecule has 0 bridgehead atoms. The zero-order chi connectivity index (χ0) is 14.9. The van der Waals surface area contributed by atoms with Crippen molar-refractivity contribution in [3.8, 4) is 0 Å². The van der Waals surface area contributed by atoms with Crippen LogP contribution in [0.2, 0.25) is 0 Å². The fourth-order valence-electron chi connectivity index (χ4n) is 2.40. The van der Waals surface area contributed by atoms with E-state index in [0.717, 1.165) is 6.42 Å². The van der Waals surface area contributed by atoms with Crippen molar-refractivity contribution in [2.24, 2.45) is 5.92 Å². The molecule has 0 aliphatic heterocycles. The van der Waals surface area contributed by atoms with Crippen LogP contribution in [0.3, 0.4) is 0 Å². The third-order valence-electron chi connectivity index (χ3n) is 3.85. The van der Waals surface area contributed by atoms with Gasteiger partial charge in [0.15, 0.2) is 0 Å². The van der Waals surface area contributed by atoms with Gasteiger partial charge in [-0.05, 0) is 32.1 Å². The van der Waals surface area contributed by atoms with Crippen LogP contribution in [0, 0.1) is 5.92 Å². The second kappa shape index (κ2) is 16.5. The van der Waals surface area contributed by atoms with E-state index < -0.39 is 0 Å². The minimum atomic E-state index is 0.132. The molecule has 0 amide bonds. The molecule has 0 spiro atoms. The molecule has 20 heavy (non-hydrogen) atoms. The van der Waals surface area contributed by atoms with Crippen LogP contribution in [-0.4, -0.2) is 6.29 Å². The summed E-state index contributed by atoms with van der Waals surface area (Å²) in [6.07, 6.45) is 23.6. The maximum absolute atomic E-state index is 10.3. The molecule has 0 saturated heterocycles. The predicted molar refractivity (Wildman–Crippen MR) is 89.7 cm³/mol. The second-order valence-corrected chi connectivity index (χ2v) is 6.04. The van der Waals surface area contributed by atoms with Crippen molar-refractivity contribution >= 4 is 6.29 Å². The fourth-order valence-corrected chi connectivity index (χ4v) is 2.40. The number of hydrogen-bond acceptors (Lipinski definition) is 1. The SMILES string of the molecule is CCCCCCCC/C=C\CCCCCCC(C)[C]=O. The molecule has 0 N–H and O–H groups in total. The van der Waals surface area contributed by atoms with E-state index in [1.807, 2.05) is 6.92 Å². The fraction of sp³-hybridized carbons (Fsp3) is 0.842. The molecule has 0 aliphatic rings. The molecule has 1 nitrogen and oxygen atoms in total. The molecule has 1 radical (unpaired) electrons. The maximum Gasteiger partial charge on any atom is 0.201 e. The number of carbonyl (C=O) groups excluding carboxylic acids is 1. The van der Waals surface area contributed by atoms with Crippen molar-refractivity contribution in [2.45, 2.75) is 97.3 Å². The van der Waals surface area contributed by atoms with Crippen LogP contribution in [0.15, 0.2) is 12.2 Å². The van der Waals surface area contributed by atoms with Crippen molar-refractivity contribution in [3.63, 3.8) is 0 Å². The van der Waals surface area contributed by atoms with Gasteiger partial charge in [-0.3, -0.25) is 4.79 Å².